The van der Waals surface area contributed by atoms with Crippen molar-refractivity contribution in [3.63, 3.8) is 0 Å². The van der Waals surface area contributed by atoms with E-state index in [0.29, 0.717) is 6.54 Å². The molecule has 3 atom stereocenters. The first-order chi connectivity index (χ1) is 16.9. The molecule has 1 heterocycles. The lowest BCUT2D eigenvalue weighted by molar-refractivity contribution is -0.100. The summed E-state index contributed by atoms with van der Waals surface area (Å²) in [6, 6.07) is 18.0. The normalized spacial score (nSPS) is 19.4. The van der Waals surface area contributed by atoms with Gasteiger partial charge in [-0.1, -0.05) is 36.4 Å². The Balaban J connectivity index is 1.63. The molecule has 0 unspecified atom stereocenters. The molecule has 1 aliphatic rings. The van der Waals surface area contributed by atoms with Crippen LogP contribution in [0, 0.1) is 18.6 Å². The van der Waals surface area contributed by atoms with Crippen LogP contribution in [0.15, 0.2) is 66.7 Å². The molecule has 2 N–H and O–H groups in total. The van der Waals surface area contributed by atoms with Crippen LogP contribution in [0.25, 0.3) is 0 Å². The number of aromatic carboxylic acids is 1. The maximum absolute atomic E-state index is 13.8. The summed E-state index contributed by atoms with van der Waals surface area (Å²) in [6.45, 7) is 2.88. The molecular formula is C28H29F2NO4. The summed E-state index contributed by atoms with van der Waals surface area (Å²) in [6.07, 6.45) is 0.373. The molecule has 0 radical (unpaired) electrons. The second-order valence-corrected chi connectivity index (χ2v) is 8.96. The molecule has 0 aromatic heterocycles. The SMILES string of the molecule is Cc1cc(C(=O)O)ccc1CN1CCC[C@H](O[C@H](CO)c2cc(F)cc(F)c2)[C@@H]1c1ccccc1. The highest BCUT2D eigenvalue weighted by atomic mass is 19.1. The van der Waals surface area contributed by atoms with E-state index in [1.165, 1.54) is 12.1 Å². The summed E-state index contributed by atoms with van der Waals surface area (Å²) < 4.78 is 34.0. The van der Waals surface area contributed by atoms with Crippen molar-refractivity contribution in [3.05, 3.63) is 106 Å². The lowest BCUT2D eigenvalue weighted by atomic mass is 9.91. The molecule has 5 nitrogen and oxygen atoms in total. The number of hydrogen-bond acceptors (Lipinski definition) is 4. The van der Waals surface area contributed by atoms with Crippen LogP contribution < -0.4 is 0 Å². The van der Waals surface area contributed by atoms with Gasteiger partial charge in [0, 0.05) is 12.6 Å². The first kappa shape index (κ1) is 25.0. The number of likely N-dealkylation sites (tertiary alicyclic amines) is 1. The van der Waals surface area contributed by atoms with Crippen molar-refractivity contribution in [2.45, 2.75) is 44.6 Å². The number of piperidine rings is 1. The molecule has 35 heavy (non-hydrogen) atoms. The molecule has 3 aromatic rings. The number of rotatable bonds is 8. The van der Waals surface area contributed by atoms with Crippen molar-refractivity contribution in [2.24, 2.45) is 0 Å². The van der Waals surface area contributed by atoms with Crippen molar-refractivity contribution in [1.29, 1.82) is 0 Å². The van der Waals surface area contributed by atoms with Gasteiger partial charge in [0.25, 0.3) is 0 Å². The van der Waals surface area contributed by atoms with Gasteiger partial charge in [0.1, 0.15) is 17.7 Å². The zero-order valence-corrected chi connectivity index (χ0v) is 19.5. The van der Waals surface area contributed by atoms with Crippen LogP contribution in [0.1, 0.15) is 57.6 Å². The van der Waals surface area contributed by atoms with Gasteiger partial charge in [0.2, 0.25) is 0 Å². The van der Waals surface area contributed by atoms with Crippen molar-refractivity contribution in [2.75, 3.05) is 13.2 Å². The molecule has 1 saturated heterocycles. The van der Waals surface area contributed by atoms with E-state index >= 15 is 0 Å². The van der Waals surface area contributed by atoms with Gasteiger partial charge in [0.15, 0.2) is 0 Å². The van der Waals surface area contributed by atoms with Crippen molar-refractivity contribution in [3.8, 4) is 0 Å². The monoisotopic (exact) mass is 481 g/mol. The van der Waals surface area contributed by atoms with E-state index in [-0.39, 0.29) is 23.3 Å². The third-order valence-electron chi connectivity index (χ3n) is 6.55. The minimum Gasteiger partial charge on any atom is -0.478 e. The van der Waals surface area contributed by atoms with Crippen molar-refractivity contribution in [1.82, 2.24) is 4.90 Å². The zero-order valence-electron chi connectivity index (χ0n) is 19.5. The Morgan fingerprint density at radius 1 is 1.09 bits per heavy atom. The lowest BCUT2D eigenvalue weighted by Gasteiger charge is -2.43. The summed E-state index contributed by atoms with van der Waals surface area (Å²) in [7, 11) is 0. The van der Waals surface area contributed by atoms with Crippen LogP contribution in [0.3, 0.4) is 0 Å². The molecule has 184 valence electrons. The number of aliphatic hydroxyl groups excluding tert-OH is 1. The van der Waals surface area contributed by atoms with E-state index in [4.69, 9.17) is 4.74 Å². The number of aliphatic hydroxyl groups is 1. The van der Waals surface area contributed by atoms with Crippen LogP contribution in [-0.2, 0) is 11.3 Å². The Hall–Kier alpha value is -3.13. The number of hydrogen-bond donors (Lipinski definition) is 2. The van der Waals surface area contributed by atoms with E-state index in [1.807, 2.05) is 43.3 Å². The second-order valence-electron chi connectivity index (χ2n) is 8.96. The van der Waals surface area contributed by atoms with Gasteiger partial charge in [-0.3, -0.25) is 4.90 Å². The fourth-order valence-electron chi connectivity index (χ4n) is 4.85. The van der Waals surface area contributed by atoms with Gasteiger partial charge in [0.05, 0.1) is 24.3 Å². The van der Waals surface area contributed by atoms with Crippen LogP contribution in [0.5, 0.6) is 0 Å². The molecule has 4 rings (SSSR count). The third kappa shape index (κ3) is 5.93. The average molecular weight is 482 g/mol. The Labute approximate surface area is 203 Å². The van der Waals surface area contributed by atoms with E-state index < -0.39 is 30.3 Å². The molecule has 0 spiro atoms. The second kappa shape index (κ2) is 11.1. The van der Waals surface area contributed by atoms with Gasteiger partial charge in [-0.05, 0) is 72.8 Å². The molecule has 0 bridgehead atoms. The van der Waals surface area contributed by atoms with Gasteiger partial charge in [-0.2, -0.15) is 0 Å². The number of carboxylic acid groups (broad SMARTS) is 1. The Morgan fingerprint density at radius 3 is 2.43 bits per heavy atom. The zero-order chi connectivity index (χ0) is 24.9. The number of aryl methyl sites for hydroxylation is 1. The van der Waals surface area contributed by atoms with Crippen LogP contribution in [0.2, 0.25) is 0 Å². The summed E-state index contributed by atoms with van der Waals surface area (Å²) in [4.78, 5) is 13.6. The fourth-order valence-corrected chi connectivity index (χ4v) is 4.85. The van der Waals surface area contributed by atoms with E-state index in [0.717, 1.165) is 42.1 Å². The highest BCUT2D eigenvalue weighted by molar-refractivity contribution is 5.87. The topological polar surface area (TPSA) is 70.0 Å². The van der Waals surface area contributed by atoms with Crippen molar-refractivity contribution < 1.29 is 28.5 Å². The van der Waals surface area contributed by atoms with E-state index in [9.17, 15) is 23.8 Å². The molecule has 7 heteroatoms. The van der Waals surface area contributed by atoms with Gasteiger partial charge >= 0.3 is 5.97 Å². The number of halogens is 2. The minimum atomic E-state index is -0.961. The molecular weight excluding hydrogens is 452 g/mol. The predicted molar refractivity (Wildman–Crippen MR) is 128 cm³/mol. The maximum atomic E-state index is 13.8. The van der Waals surface area contributed by atoms with Gasteiger partial charge in [-0.15, -0.1) is 0 Å². The summed E-state index contributed by atoms with van der Waals surface area (Å²) in [5, 5.41) is 19.3. The number of carbonyl (C=O) groups is 1. The van der Waals surface area contributed by atoms with E-state index in [1.54, 1.807) is 12.1 Å². The minimum absolute atomic E-state index is 0.157. The van der Waals surface area contributed by atoms with Crippen molar-refractivity contribution >= 4 is 5.97 Å². The number of carboxylic acids is 1. The highest BCUT2D eigenvalue weighted by Gasteiger charge is 2.35. The first-order valence-corrected chi connectivity index (χ1v) is 11.7. The summed E-state index contributed by atoms with van der Waals surface area (Å²) >= 11 is 0. The number of ether oxygens (including phenoxy) is 1. The number of nitrogens with zero attached hydrogens (tertiary/aromatic N) is 1. The van der Waals surface area contributed by atoms with Crippen LogP contribution >= 0.6 is 0 Å². The Morgan fingerprint density at radius 2 is 1.80 bits per heavy atom. The Bertz CT molecular complexity index is 1150. The largest absolute Gasteiger partial charge is 0.478 e. The maximum Gasteiger partial charge on any atom is 0.335 e. The Kier molecular flexibility index (Phi) is 7.90. The summed E-state index contributed by atoms with van der Waals surface area (Å²) in [5.41, 5.74) is 3.46. The lowest BCUT2D eigenvalue weighted by Crippen LogP contribution is -2.43. The molecule has 0 aliphatic carbocycles. The molecule has 1 aliphatic heterocycles. The summed E-state index contributed by atoms with van der Waals surface area (Å²) in [5.74, 6) is -2.39. The van der Waals surface area contributed by atoms with Gasteiger partial charge < -0.3 is 14.9 Å². The van der Waals surface area contributed by atoms with Gasteiger partial charge in [-0.25, -0.2) is 13.6 Å². The fraction of sp³-hybridized carbons (Fsp3) is 0.321. The predicted octanol–water partition coefficient (Wildman–Crippen LogP) is 5.43. The molecule has 3 aromatic carbocycles. The molecule has 0 amide bonds. The molecule has 0 saturated carbocycles. The van der Waals surface area contributed by atoms with Crippen LogP contribution in [-0.4, -0.2) is 40.3 Å². The third-order valence-corrected chi connectivity index (χ3v) is 6.55. The average Bonchev–Trinajstić information content (AvgIpc) is 2.83. The quantitative estimate of drug-likeness (QED) is 0.449. The number of benzene rings is 3. The van der Waals surface area contributed by atoms with Crippen LogP contribution in [0.4, 0.5) is 8.78 Å². The smallest absolute Gasteiger partial charge is 0.335 e. The first-order valence-electron chi connectivity index (χ1n) is 11.7. The highest BCUT2D eigenvalue weighted by Crippen LogP contribution is 2.37. The standard InChI is InChI=1S/C28H29F2NO4/c1-18-12-20(28(33)34)9-10-21(18)16-31-11-5-8-25(27(31)19-6-3-2-4-7-19)35-26(17-32)22-13-23(29)15-24(30)14-22/h2-4,6-7,9-10,12-15,25-27,32H,5,8,11,16-17H2,1H3,(H,33,34)/t25-,26+,27-/m0/s1. The molecule has 1 fully saturated rings. The van der Waals surface area contributed by atoms with E-state index in [2.05, 4.69) is 4.90 Å².